The first kappa shape index (κ1) is 14.3. The molecule has 2 rings (SSSR count). The fourth-order valence-corrected chi connectivity index (χ4v) is 2.40. The third-order valence-electron chi connectivity index (χ3n) is 3.45. The van der Waals surface area contributed by atoms with Crippen LogP contribution < -0.4 is 4.90 Å². The molecule has 2 nitrogen and oxygen atoms in total. The van der Waals surface area contributed by atoms with Crippen molar-refractivity contribution in [1.29, 1.82) is 0 Å². The van der Waals surface area contributed by atoms with Crippen LogP contribution in [-0.4, -0.2) is 19.4 Å². The maximum Gasteiger partial charge on any atom is 0.150 e. The number of carbonyl (C=O) groups is 1. The number of benzene rings is 1. The van der Waals surface area contributed by atoms with Gasteiger partial charge >= 0.3 is 0 Å². The lowest BCUT2D eigenvalue weighted by Crippen LogP contribution is -2.20. The molecule has 104 valence electrons. The molecule has 0 saturated heterocycles. The van der Waals surface area contributed by atoms with Gasteiger partial charge in [-0.3, -0.25) is 4.79 Å². The number of carbonyl (C=O) groups excluding carboxylic acids is 1. The number of nitrogens with zero attached hydrogens (tertiary/aromatic N) is 1. The summed E-state index contributed by atoms with van der Waals surface area (Å²) in [5.74, 6) is 0. The standard InChI is InChI=1S/C18H21NO/c1-3-5-7-17-13-19(12-16(17)6-4-2)18-10-8-15(14-20)9-11-18/h4-11,14H,3,12-13H2,1-2H3/b6-4-,7-5+. The molecular weight excluding hydrogens is 246 g/mol. The summed E-state index contributed by atoms with van der Waals surface area (Å²) in [7, 11) is 0. The van der Waals surface area contributed by atoms with Gasteiger partial charge in [-0.1, -0.05) is 31.2 Å². The number of anilines is 1. The van der Waals surface area contributed by atoms with Crippen molar-refractivity contribution in [2.45, 2.75) is 20.3 Å². The Morgan fingerprint density at radius 1 is 1.10 bits per heavy atom. The van der Waals surface area contributed by atoms with Gasteiger partial charge in [0.25, 0.3) is 0 Å². The van der Waals surface area contributed by atoms with E-state index >= 15 is 0 Å². The summed E-state index contributed by atoms with van der Waals surface area (Å²) in [6.45, 7) is 6.05. The van der Waals surface area contributed by atoms with Gasteiger partial charge in [-0.15, -0.1) is 0 Å². The molecule has 0 fully saturated rings. The predicted octanol–water partition coefficient (Wildman–Crippen LogP) is 4.16. The fraction of sp³-hybridized carbons (Fsp3) is 0.278. The van der Waals surface area contributed by atoms with E-state index in [2.05, 4.69) is 43.1 Å². The third-order valence-corrected chi connectivity index (χ3v) is 3.45. The largest absolute Gasteiger partial charge is 0.363 e. The second-order valence-electron chi connectivity index (χ2n) is 4.93. The van der Waals surface area contributed by atoms with Crippen LogP contribution in [0.3, 0.4) is 0 Å². The first-order valence-electron chi connectivity index (χ1n) is 7.10. The molecule has 0 amide bonds. The number of aldehydes is 1. The van der Waals surface area contributed by atoms with Crippen molar-refractivity contribution in [2.24, 2.45) is 0 Å². The van der Waals surface area contributed by atoms with Crippen LogP contribution in [0.5, 0.6) is 0 Å². The molecular formula is C18H21NO. The molecule has 1 aromatic carbocycles. The van der Waals surface area contributed by atoms with Crippen LogP contribution in [0, 0.1) is 0 Å². The lowest BCUT2D eigenvalue weighted by atomic mass is 10.1. The van der Waals surface area contributed by atoms with Crippen molar-refractivity contribution in [2.75, 3.05) is 18.0 Å². The molecule has 1 aromatic rings. The second-order valence-corrected chi connectivity index (χ2v) is 4.93. The summed E-state index contributed by atoms with van der Waals surface area (Å²) in [6, 6.07) is 7.78. The van der Waals surface area contributed by atoms with E-state index < -0.39 is 0 Å². The van der Waals surface area contributed by atoms with E-state index in [1.807, 2.05) is 24.3 Å². The smallest absolute Gasteiger partial charge is 0.150 e. The van der Waals surface area contributed by atoms with Gasteiger partial charge in [0.15, 0.2) is 0 Å². The highest BCUT2D eigenvalue weighted by Gasteiger charge is 2.18. The Balaban J connectivity index is 2.17. The van der Waals surface area contributed by atoms with Crippen molar-refractivity contribution >= 4 is 12.0 Å². The van der Waals surface area contributed by atoms with E-state index in [1.165, 1.54) is 11.1 Å². The molecule has 0 aliphatic carbocycles. The van der Waals surface area contributed by atoms with Gasteiger partial charge in [0, 0.05) is 24.3 Å². The molecule has 0 saturated carbocycles. The monoisotopic (exact) mass is 267 g/mol. The van der Waals surface area contributed by atoms with Crippen LogP contribution in [0.15, 0.2) is 59.7 Å². The molecule has 0 atom stereocenters. The predicted molar refractivity (Wildman–Crippen MR) is 85.3 cm³/mol. The van der Waals surface area contributed by atoms with Crippen molar-refractivity contribution in [3.05, 3.63) is 65.3 Å². The van der Waals surface area contributed by atoms with Crippen LogP contribution in [0.1, 0.15) is 30.6 Å². The van der Waals surface area contributed by atoms with Gasteiger partial charge in [0.1, 0.15) is 6.29 Å². The minimum Gasteiger partial charge on any atom is -0.363 e. The van der Waals surface area contributed by atoms with Crippen LogP contribution in [-0.2, 0) is 0 Å². The van der Waals surface area contributed by atoms with Gasteiger partial charge in [-0.05, 0) is 48.8 Å². The zero-order valence-corrected chi connectivity index (χ0v) is 12.2. The summed E-state index contributed by atoms with van der Waals surface area (Å²) >= 11 is 0. The molecule has 1 aliphatic rings. The van der Waals surface area contributed by atoms with Crippen LogP contribution in [0.2, 0.25) is 0 Å². The molecule has 0 bridgehead atoms. The van der Waals surface area contributed by atoms with E-state index in [-0.39, 0.29) is 0 Å². The SMILES string of the molecule is C/C=C\C1=C(/C=C/CC)CN(c2ccc(C=O)cc2)C1. The molecule has 1 heterocycles. The minimum absolute atomic E-state index is 0.723. The fourth-order valence-electron chi connectivity index (χ4n) is 2.40. The molecule has 0 aromatic heterocycles. The third kappa shape index (κ3) is 3.27. The van der Waals surface area contributed by atoms with Crippen molar-refractivity contribution in [1.82, 2.24) is 0 Å². The highest BCUT2D eigenvalue weighted by atomic mass is 16.1. The highest BCUT2D eigenvalue weighted by Crippen LogP contribution is 2.26. The quantitative estimate of drug-likeness (QED) is 0.747. The number of hydrogen-bond donors (Lipinski definition) is 0. The van der Waals surface area contributed by atoms with E-state index in [0.29, 0.717) is 0 Å². The molecule has 1 aliphatic heterocycles. The molecule has 2 heteroatoms. The normalized spacial score (nSPS) is 15.8. The second kappa shape index (κ2) is 6.90. The van der Waals surface area contributed by atoms with Gasteiger partial charge in [-0.2, -0.15) is 0 Å². The molecule has 20 heavy (non-hydrogen) atoms. The van der Waals surface area contributed by atoms with E-state index in [4.69, 9.17) is 0 Å². The Morgan fingerprint density at radius 3 is 2.30 bits per heavy atom. The first-order valence-corrected chi connectivity index (χ1v) is 7.10. The Labute approximate surface area is 121 Å². The van der Waals surface area contributed by atoms with Crippen LogP contribution in [0.4, 0.5) is 5.69 Å². The van der Waals surface area contributed by atoms with Gasteiger partial charge in [0.05, 0.1) is 0 Å². The zero-order valence-electron chi connectivity index (χ0n) is 12.2. The topological polar surface area (TPSA) is 20.3 Å². The number of rotatable bonds is 5. The summed E-state index contributed by atoms with van der Waals surface area (Å²) in [5.41, 5.74) is 4.64. The lowest BCUT2D eigenvalue weighted by Gasteiger charge is -2.18. The maximum absolute atomic E-state index is 10.7. The Kier molecular flexibility index (Phi) is 4.94. The highest BCUT2D eigenvalue weighted by molar-refractivity contribution is 5.76. The lowest BCUT2D eigenvalue weighted by molar-refractivity contribution is 0.112. The van der Waals surface area contributed by atoms with Crippen molar-refractivity contribution < 1.29 is 4.79 Å². The zero-order chi connectivity index (χ0) is 14.4. The summed E-state index contributed by atoms with van der Waals surface area (Å²) in [4.78, 5) is 13.0. The summed E-state index contributed by atoms with van der Waals surface area (Å²) in [6.07, 6.45) is 10.7. The van der Waals surface area contributed by atoms with Gasteiger partial charge in [-0.25, -0.2) is 0 Å². The van der Waals surface area contributed by atoms with E-state index in [0.717, 1.165) is 37.0 Å². The Morgan fingerprint density at radius 2 is 1.75 bits per heavy atom. The summed E-state index contributed by atoms with van der Waals surface area (Å²) < 4.78 is 0. The van der Waals surface area contributed by atoms with Gasteiger partial charge < -0.3 is 4.90 Å². The molecule has 0 radical (unpaired) electrons. The molecule has 0 spiro atoms. The van der Waals surface area contributed by atoms with Crippen molar-refractivity contribution in [3.8, 4) is 0 Å². The van der Waals surface area contributed by atoms with E-state index in [1.54, 1.807) is 0 Å². The van der Waals surface area contributed by atoms with Crippen molar-refractivity contribution in [3.63, 3.8) is 0 Å². The Hall–Kier alpha value is -2.09. The summed E-state index contributed by atoms with van der Waals surface area (Å²) in [5, 5.41) is 0. The number of allylic oxidation sites excluding steroid dienone is 2. The van der Waals surface area contributed by atoms with E-state index in [9.17, 15) is 4.79 Å². The molecule has 0 N–H and O–H groups in total. The van der Waals surface area contributed by atoms with Crippen LogP contribution in [0.25, 0.3) is 0 Å². The first-order chi connectivity index (χ1) is 9.78. The minimum atomic E-state index is 0.723. The average molecular weight is 267 g/mol. The molecule has 0 unspecified atom stereocenters. The van der Waals surface area contributed by atoms with Gasteiger partial charge in [0.2, 0.25) is 0 Å². The number of hydrogen-bond acceptors (Lipinski definition) is 2. The van der Waals surface area contributed by atoms with Crippen LogP contribution >= 0.6 is 0 Å². The maximum atomic E-state index is 10.7. The average Bonchev–Trinajstić information content (AvgIpc) is 2.89. The Bertz CT molecular complexity index is 549.